The minimum atomic E-state index is 0.256. The van der Waals surface area contributed by atoms with Gasteiger partial charge in [-0.25, -0.2) is 0 Å². The SMILES string of the molecule is CC(C)=CCC/C(C)=C\CC/C(C)=C\CC/C(C)=C\Cc1cc(O)c(C)c(C)c1O. The first-order valence-corrected chi connectivity index (χ1v) is 11.2. The van der Waals surface area contributed by atoms with Crippen LogP contribution >= 0.6 is 0 Å². The van der Waals surface area contributed by atoms with E-state index in [-0.39, 0.29) is 5.75 Å². The topological polar surface area (TPSA) is 40.5 Å². The summed E-state index contributed by atoms with van der Waals surface area (Å²) in [6.45, 7) is 14.6. The molecule has 0 amide bonds. The van der Waals surface area contributed by atoms with Gasteiger partial charge in [-0.2, -0.15) is 0 Å². The third kappa shape index (κ3) is 9.52. The smallest absolute Gasteiger partial charge is 0.122 e. The van der Waals surface area contributed by atoms with E-state index in [1.807, 2.05) is 13.8 Å². The van der Waals surface area contributed by atoms with Gasteiger partial charge in [-0.15, -0.1) is 0 Å². The molecule has 1 rings (SSSR count). The van der Waals surface area contributed by atoms with Crippen molar-refractivity contribution >= 4 is 0 Å². The van der Waals surface area contributed by atoms with Crippen LogP contribution in [0.5, 0.6) is 11.5 Å². The Bertz CT molecular complexity index is 816. The highest BCUT2D eigenvalue weighted by Gasteiger charge is 2.10. The highest BCUT2D eigenvalue weighted by atomic mass is 16.3. The van der Waals surface area contributed by atoms with E-state index in [0.29, 0.717) is 12.2 Å². The molecule has 0 fully saturated rings. The molecule has 0 radical (unpaired) electrons. The second-order valence-electron chi connectivity index (χ2n) is 8.91. The number of rotatable bonds is 11. The first-order chi connectivity index (χ1) is 14.1. The predicted octanol–water partition coefficient (Wildman–Crippen LogP) is 8.40. The number of hydrogen-bond acceptors (Lipinski definition) is 2. The minimum absolute atomic E-state index is 0.256. The summed E-state index contributed by atoms with van der Waals surface area (Å²) < 4.78 is 0. The second kappa shape index (κ2) is 13.2. The monoisotopic (exact) mass is 410 g/mol. The van der Waals surface area contributed by atoms with Gasteiger partial charge >= 0.3 is 0 Å². The van der Waals surface area contributed by atoms with Gasteiger partial charge in [0.05, 0.1) is 0 Å². The number of benzene rings is 1. The molecule has 0 heterocycles. The van der Waals surface area contributed by atoms with Gasteiger partial charge in [0.25, 0.3) is 0 Å². The van der Waals surface area contributed by atoms with E-state index in [2.05, 4.69) is 58.9 Å². The van der Waals surface area contributed by atoms with Crippen LogP contribution in [-0.2, 0) is 6.42 Å². The van der Waals surface area contributed by atoms with Crippen LogP contribution < -0.4 is 0 Å². The Morgan fingerprint density at radius 1 is 0.700 bits per heavy atom. The van der Waals surface area contributed by atoms with Crippen molar-refractivity contribution in [1.29, 1.82) is 0 Å². The van der Waals surface area contributed by atoms with Gasteiger partial charge in [-0.1, -0.05) is 46.6 Å². The van der Waals surface area contributed by atoms with Gasteiger partial charge in [0, 0.05) is 5.56 Å². The largest absolute Gasteiger partial charge is 0.508 e. The van der Waals surface area contributed by atoms with Crippen LogP contribution in [0.1, 0.15) is 89.8 Å². The molecule has 0 saturated heterocycles. The average molecular weight is 411 g/mol. The number of allylic oxidation sites excluding steroid dienone is 8. The lowest BCUT2D eigenvalue weighted by Gasteiger charge is -2.10. The molecule has 0 aliphatic rings. The molecule has 0 aliphatic carbocycles. The molecule has 166 valence electrons. The lowest BCUT2D eigenvalue weighted by atomic mass is 9.99. The van der Waals surface area contributed by atoms with Crippen LogP contribution in [0.15, 0.2) is 52.7 Å². The number of phenolic OH excluding ortho intramolecular Hbond substituents is 2. The zero-order valence-electron chi connectivity index (χ0n) is 20.2. The van der Waals surface area contributed by atoms with E-state index in [0.717, 1.165) is 55.2 Å². The quantitative estimate of drug-likeness (QED) is 0.284. The molecule has 2 nitrogen and oxygen atoms in total. The Morgan fingerprint density at radius 2 is 1.17 bits per heavy atom. The van der Waals surface area contributed by atoms with Gasteiger partial charge in [-0.3, -0.25) is 0 Å². The molecular formula is C28H42O2. The summed E-state index contributed by atoms with van der Waals surface area (Å²) in [6, 6.07) is 1.68. The van der Waals surface area contributed by atoms with Gasteiger partial charge in [-0.05, 0) is 111 Å². The van der Waals surface area contributed by atoms with Crippen molar-refractivity contribution in [1.82, 2.24) is 0 Å². The maximum Gasteiger partial charge on any atom is 0.122 e. The van der Waals surface area contributed by atoms with Crippen molar-refractivity contribution in [2.75, 3.05) is 0 Å². The fourth-order valence-electron chi connectivity index (χ4n) is 3.38. The van der Waals surface area contributed by atoms with Crippen molar-refractivity contribution in [3.8, 4) is 11.5 Å². The summed E-state index contributed by atoms with van der Waals surface area (Å²) >= 11 is 0. The fourth-order valence-corrected chi connectivity index (χ4v) is 3.38. The van der Waals surface area contributed by atoms with Crippen LogP contribution in [0.3, 0.4) is 0 Å². The van der Waals surface area contributed by atoms with Crippen LogP contribution in [0, 0.1) is 13.8 Å². The zero-order chi connectivity index (χ0) is 22.7. The molecule has 2 heteroatoms. The summed E-state index contributed by atoms with van der Waals surface area (Å²) in [6.07, 6.45) is 16.4. The number of aromatic hydroxyl groups is 2. The van der Waals surface area contributed by atoms with E-state index in [1.54, 1.807) is 6.07 Å². The number of phenols is 2. The highest BCUT2D eigenvalue weighted by molar-refractivity contribution is 5.51. The Morgan fingerprint density at radius 3 is 1.67 bits per heavy atom. The minimum Gasteiger partial charge on any atom is -0.508 e. The standard InChI is InChI=1S/C28H42O2/c1-20(2)11-8-12-21(3)13-9-14-22(4)15-10-16-23(5)17-18-26-19-27(29)24(6)25(7)28(26)30/h11,13,15,17,19,29-30H,8-10,12,14,16,18H2,1-7H3/b21-13-,22-15-,23-17-. The average Bonchev–Trinajstić information content (AvgIpc) is 2.67. The molecule has 1 aromatic carbocycles. The molecule has 0 spiro atoms. The van der Waals surface area contributed by atoms with Crippen LogP contribution in [-0.4, -0.2) is 10.2 Å². The molecule has 0 aliphatic heterocycles. The summed E-state index contributed by atoms with van der Waals surface area (Å²) in [5, 5.41) is 20.3. The normalized spacial score (nSPS) is 13.0. The van der Waals surface area contributed by atoms with Crippen molar-refractivity contribution in [3.63, 3.8) is 0 Å². The molecule has 30 heavy (non-hydrogen) atoms. The van der Waals surface area contributed by atoms with Crippen molar-refractivity contribution in [2.24, 2.45) is 0 Å². The molecule has 2 N–H and O–H groups in total. The first kappa shape index (κ1) is 25.8. The Balaban J connectivity index is 2.45. The maximum atomic E-state index is 10.3. The van der Waals surface area contributed by atoms with Crippen molar-refractivity contribution in [3.05, 3.63) is 69.4 Å². The molecule has 1 aromatic rings. The molecule has 0 unspecified atom stereocenters. The lowest BCUT2D eigenvalue weighted by Crippen LogP contribution is -1.91. The third-order valence-electron chi connectivity index (χ3n) is 5.74. The Hall–Kier alpha value is -2.22. The molecule has 0 saturated carbocycles. The molecular weight excluding hydrogens is 368 g/mol. The predicted molar refractivity (Wildman–Crippen MR) is 131 cm³/mol. The second-order valence-corrected chi connectivity index (χ2v) is 8.91. The summed E-state index contributed by atoms with van der Waals surface area (Å²) in [5.41, 5.74) is 7.94. The van der Waals surface area contributed by atoms with E-state index >= 15 is 0 Å². The van der Waals surface area contributed by atoms with Gasteiger partial charge in [0.2, 0.25) is 0 Å². The van der Waals surface area contributed by atoms with Crippen molar-refractivity contribution < 1.29 is 10.2 Å². The van der Waals surface area contributed by atoms with E-state index < -0.39 is 0 Å². The summed E-state index contributed by atoms with van der Waals surface area (Å²) in [5.74, 6) is 0.556. The van der Waals surface area contributed by atoms with Crippen LogP contribution in [0.2, 0.25) is 0 Å². The molecule has 0 bridgehead atoms. The van der Waals surface area contributed by atoms with Crippen molar-refractivity contribution in [2.45, 2.75) is 93.4 Å². The Labute approximate surface area is 184 Å². The van der Waals surface area contributed by atoms with E-state index in [1.165, 1.54) is 22.3 Å². The number of hydrogen-bond donors (Lipinski definition) is 2. The van der Waals surface area contributed by atoms with Gasteiger partial charge in [0.1, 0.15) is 11.5 Å². The fraction of sp³-hybridized carbons (Fsp3) is 0.500. The Kier molecular flexibility index (Phi) is 11.3. The molecule has 0 atom stereocenters. The maximum absolute atomic E-state index is 10.3. The van der Waals surface area contributed by atoms with Crippen LogP contribution in [0.4, 0.5) is 0 Å². The van der Waals surface area contributed by atoms with E-state index in [4.69, 9.17) is 0 Å². The summed E-state index contributed by atoms with van der Waals surface area (Å²) in [4.78, 5) is 0. The third-order valence-corrected chi connectivity index (χ3v) is 5.74. The zero-order valence-corrected chi connectivity index (χ0v) is 20.2. The molecule has 0 aromatic heterocycles. The van der Waals surface area contributed by atoms with Gasteiger partial charge in [0.15, 0.2) is 0 Å². The van der Waals surface area contributed by atoms with Gasteiger partial charge < -0.3 is 10.2 Å². The lowest BCUT2D eigenvalue weighted by molar-refractivity contribution is 0.448. The first-order valence-electron chi connectivity index (χ1n) is 11.2. The summed E-state index contributed by atoms with van der Waals surface area (Å²) in [7, 11) is 0. The van der Waals surface area contributed by atoms with Crippen LogP contribution in [0.25, 0.3) is 0 Å². The van der Waals surface area contributed by atoms with E-state index in [9.17, 15) is 10.2 Å². The highest BCUT2D eigenvalue weighted by Crippen LogP contribution is 2.32.